The summed E-state index contributed by atoms with van der Waals surface area (Å²) < 4.78 is 8.22. The molecule has 0 aliphatic heterocycles. The monoisotopic (exact) mass is 274 g/mol. The second-order valence-corrected chi connectivity index (χ2v) is 5.40. The molecule has 2 heterocycles. The molecule has 19 heavy (non-hydrogen) atoms. The third-order valence-electron chi connectivity index (χ3n) is 3.00. The maximum Gasteiger partial charge on any atom is 0.311 e. The quantitative estimate of drug-likeness (QED) is 0.690. The maximum absolute atomic E-state index is 11.5. The summed E-state index contributed by atoms with van der Waals surface area (Å²) in [5.41, 5.74) is 3.14. The number of ether oxygens (including phenoxy) is 1. The molecule has 0 N–H and O–H groups in total. The van der Waals surface area contributed by atoms with Crippen LogP contribution in [0, 0.1) is 6.92 Å². The highest BCUT2D eigenvalue weighted by Gasteiger charge is 2.12. The van der Waals surface area contributed by atoms with Crippen LogP contribution in [0.1, 0.15) is 18.2 Å². The van der Waals surface area contributed by atoms with Gasteiger partial charge in [-0.3, -0.25) is 9.20 Å². The number of aromatic nitrogens is 2. The van der Waals surface area contributed by atoms with E-state index in [4.69, 9.17) is 4.74 Å². The first-order chi connectivity index (χ1) is 9.19. The van der Waals surface area contributed by atoms with E-state index in [1.807, 2.05) is 12.3 Å². The van der Waals surface area contributed by atoms with Crippen LogP contribution in [0.15, 0.2) is 24.4 Å². The Balaban J connectivity index is 2.04. The van der Waals surface area contributed by atoms with E-state index in [0.717, 1.165) is 10.7 Å². The summed E-state index contributed by atoms with van der Waals surface area (Å²) in [5.74, 6) is -0.228. The first-order valence-electron chi connectivity index (χ1n) is 6.20. The largest absolute Gasteiger partial charge is 0.466 e. The minimum atomic E-state index is -0.228. The summed E-state index contributed by atoms with van der Waals surface area (Å²) in [6.45, 7) is 4.29. The average Bonchev–Trinajstić information content (AvgIpc) is 2.86. The van der Waals surface area contributed by atoms with Crippen molar-refractivity contribution >= 4 is 32.5 Å². The van der Waals surface area contributed by atoms with Crippen molar-refractivity contribution in [2.45, 2.75) is 20.3 Å². The van der Waals surface area contributed by atoms with Gasteiger partial charge in [-0.15, -0.1) is 0 Å². The molecule has 0 atom stereocenters. The van der Waals surface area contributed by atoms with Crippen molar-refractivity contribution in [2.24, 2.45) is 0 Å². The second kappa shape index (κ2) is 4.66. The smallest absolute Gasteiger partial charge is 0.311 e. The first kappa shape index (κ1) is 12.2. The highest BCUT2D eigenvalue weighted by atomic mass is 32.1. The number of aryl methyl sites for hydroxylation is 1. The maximum atomic E-state index is 11.5. The number of nitrogens with zero attached hydrogens (tertiary/aromatic N) is 2. The molecule has 3 rings (SSSR count). The predicted octanol–water partition coefficient (Wildman–Crippen LogP) is 2.96. The zero-order valence-corrected chi connectivity index (χ0v) is 11.7. The number of esters is 1. The van der Waals surface area contributed by atoms with Crippen LogP contribution in [0.3, 0.4) is 0 Å². The number of benzene rings is 1. The number of carbonyl (C=O) groups is 1. The molecule has 1 aromatic carbocycles. The zero-order valence-electron chi connectivity index (χ0n) is 10.8. The SMILES string of the molecule is CCOC(=O)Cc1cn2c(n1)sc1cccc(C)c12. The first-order valence-corrected chi connectivity index (χ1v) is 7.02. The lowest BCUT2D eigenvalue weighted by molar-refractivity contribution is -0.142. The van der Waals surface area contributed by atoms with E-state index in [0.29, 0.717) is 6.61 Å². The molecular formula is C14H14N2O2S. The topological polar surface area (TPSA) is 43.6 Å². The molecule has 0 saturated carbocycles. The molecular weight excluding hydrogens is 260 g/mol. The van der Waals surface area contributed by atoms with Gasteiger partial charge in [-0.25, -0.2) is 4.98 Å². The molecule has 0 fully saturated rings. The fourth-order valence-corrected chi connectivity index (χ4v) is 3.31. The molecule has 0 radical (unpaired) electrons. The second-order valence-electron chi connectivity index (χ2n) is 4.39. The van der Waals surface area contributed by atoms with Crippen LogP contribution in [0.2, 0.25) is 0 Å². The lowest BCUT2D eigenvalue weighted by Gasteiger charge is -1.98. The molecule has 3 aromatic rings. The van der Waals surface area contributed by atoms with Gasteiger partial charge in [0.25, 0.3) is 0 Å². The van der Waals surface area contributed by atoms with Crippen molar-refractivity contribution in [1.29, 1.82) is 0 Å². The molecule has 0 aliphatic rings. The predicted molar refractivity (Wildman–Crippen MR) is 75.6 cm³/mol. The summed E-state index contributed by atoms with van der Waals surface area (Å²) in [7, 11) is 0. The van der Waals surface area contributed by atoms with E-state index >= 15 is 0 Å². The number of fused-ring (bicyclic) bond motifs is 3. The van der Waals surface area contributed by atoms with Crippen LogP contribution in [0.5, 0.6) is 0 Å². The van der Waals surface area contributed by atoms with Crippen molar-refractivity contribution in [3.63, 3.8) is 0 Å². The Bertz CT molecular complexity index is 757. The van der Waals surface area contributed by atoms with Crippen LogP contribution >= 0.6 is 11.3 Å². The lowest BCUT2D eigenvalue weighted by atomic mass is 10.2. The van der Waals surface area contributed by atoms with Gasteiger partial charge in [0.05, 0.1) is 28.9 Å². The van der Waals surface area contributed by atoms with Crippen molar-refractivity contribution < 1.29 is 9.53 Å². The van der Waals surface area contributed by atoms with Gasteiger partial charge in [0, 0.05) is 6.20 Å². The summed E-state index contributed by atoms with van der Waals surface area (Å²) in [4.78, 5) is 16.9. The van der Waals surface area contributed by atoms with Crippen molar-refractivity contribution in [3.05, 3.63) is 35.7 Å². The number of thiazole rings is 1. The Kier molecular flexibility index (Phi) is 2.98. The van der Waals surface area contributed by atoms with Gasteiger partial charge in [0.15, 0.2) is 4.96 Å². The van der Waals surface area contributed by atoms with Crippen molar-refractivity contribution in [2.75, 3.05) is 6.61 Å². The summed E-state index contributed by atoms with van der Waals surface area (Å²) in [6, 6.07) is 6.22. The van der Waals surface area contributed by atoms with Crippen LogP contribution in [-0.4, -0.2) is 22.0 Å². The van der Waals surface area contributed by atoms with Crippen molar-refractivity contribution in [3.8, 4) is 0 Å². The van der Waals surface area contributed by atoms with E-state index in [1.54, 1.807) is 18.3 Å². The summed E-state index contributed by atoms with van der Waals surface area (Å²) in [5, 5.41) is 0. The van der Waals surface area contributed by atoms with E-state index in [9.17, 15) is 4.79 Å². The highest BCUT2D eigenvalue weighted by molar-refractivity contribution is 7.23. The van der Waals surface area contributed by atoms with Gasteiger partial charge in [0.1, 0.15) is 0 Å². The third kappa shape index (κ3) is 2.10. The minimum Gasteiger partial charge on any atom is -0.466 e. The molecule has 0 aliphatic carbocycles. The molecule has 0 amide bonds. The van der Waals surface area contributed by atoms with Gasteiger partial charge in [-0.2, -0.15) is 0 Å². The van der Waals surface area contributed by atoms with Gasteiger partial charge in [-0.1, -0.05) is 23.5 Å². The van der Waals surface area contributed by atoms with Gasteiger partial charge in [0.2, 0.25) is 0 Å². The molecule has 4 nitrogen and oxygen atoms in total. The Hall–Kier alpha value is -1.88. The van der Waals surface area contributed by atoms with E-state index in [1.165, 1.54) is 15.8 Å². The minimum absolute atomic E-state index is 0.228. The third-order valence-corrected chi connectivity index (χ3v) is 4.02. The molecule has 2 aromatic heterocycles. The van der Waals surface area contributed by atoms with E-state index in [-0.39, 0.29) is 12.4 Å². The zero-order chi connectivity index (χ0) is 13.4. The van der Waals surface area contributed by atoms with Crippen LogP contribution in [0.25, 0.3) is 15.2 Å². The summed E-state index contributed by atoms with van der Waals surface area (Å²) >= 11 is 1.64. The van der Waals surface area contributed by atoms with Crippen LogP contribution in [0.4, 0.5) is 0 Å². The van der Waals surface area contributed by atoms with Gasteiger partial charge in [-0.05, 0) is 25.5 Å². The Labute approximate surface area is 114 Å². The van der Waals surface area contributed by atoms with Crippen LogP contribution < -0.4 is 0 Å². The number of rotatable bonds is 3. The molecule has 0 saturated heterocycles. The highest BCUT2D eigenvalue weighted by Crippen LogP contribution is 2.28. The summed E-state index contributed by atoms with van der Waals surface area (Å²) in [6.07, 6.45) is 2.16. The van der Waals surface area contributed by atoms with Gasteiger partial charge < -0.3 is 4.74 Å². The average molecular weight is 274 g/mol. The normalized spacial score (nSPS) is 11.3. The fraction of sp³-hybridized carbons (Fsp3) is 0.286. The lowest BCUT2D eigenvalue weighted by Crippen LogP contribution is -2.07. The number of hydrogen-bond acceptors (Lipinski definition) is 4. The molecule has 98 valence electrons. The van der Waals surface area contributed by atoms with Crippen molar-refractivity contribution in [1.82, 2.24) is 9.38 Å². The number of hydrogen-bond donors (Lipinski definition) is 0. The molecule has 0 unspecified atom stereocenters. The number of para-hydroxylation sites is 1. The van der Waals surface area contributed by atoms with Crippen LogP contribution in [-0.2, 0) is 16.0 Å². The number of imidazole rings is 1. The van der Waals surface area contributed by atoms with E-state index < -0.39 is 0 Å². The van der Waals surface area contributed by atoms with Gasteiger partial charge >= 0.3 is 5.97 Å². The molecule has 5 heteroatoms. The Morgan fingerprint density at radius 1 is 1.47 bits per heavy atom. The Morgan fingerprint density at radius 3 is 3.11 bits per heavy atom. The Morgan fingerprint density at radius 2 is 2.32 bits per heavy atom. The van der Waals surface area contributed by atoms with E-state index in [2.05, 4.69) is 28.4 Å². The molecule has 0 bridgehead atoms. The molecule has 0 spiro atoms. The number of carbonyl (C=O) groups excluding carboxylic acids is 1. The standard InChI is InChI=1S/C14H14N2O2S/c1-3-18-12(17)7-10-8-16-13-9(2)5-4-6-11(13)19-14(16)15-10/h4-6,8H,3,7H2,1-2H3. The fourth-order valence-electron chi connectivity index (χ4n) is 2.21.